The molecular weight excluding hydrogens is 400 g/mol. The molecule has 3 nitrogen and oxygen atoms in total. The van der Waals surface area contributed by atoms with Gasteiger partial charge in [0, 0.05) is 33.6 Å². The second kappa shape index (κ2) is 6.25. The summed E-state index contributed by atoms with van der Waals surface area (Å²) in [5, 5.41) is 1.97. The van der Waals surface area contributed by atoms with Crippen LogP contribution in [0, 0.1) is 0 Å². The standard InChI is InChI=1S/C19H9Cl2F3N2O/c20-14-6-12-16(11-4-2-1-3-10(11)14)26-8-13(18(12)27)17-15(21)5-9(7-25-17)19(22,23)24/h1-8H,(H,26,27). The highest BCUT2D eigenvalue weighted by molar-refractivity contribution is 6.37. The number of H-pyrrole nitrogens is 1. The van der Waals surface area contributed by atoms with Gasteiger partial charge >= 0.3 is 6.18 Å². The Morgan fingerprint density at radius 3 is 2.33 bits per heavy atom. The fraction of sp³-hybridized carbons (Fsp3) is 0.0526. The molecule has 2 heterocycles. The van der Waals surface area contributed by atoms with Crippen LogP contribution in [-0.4, -0.2) is 9.97 Å². The van der Waals surface area contributed by atoms with Gasteiger partial charge in [-0.25, -0.2) is 0 Å². The van der Waals surface area contributed by atoms with E-state index >= 15 is 0 Å². The van der Waals surface area contributed by atoms with E-state index in [1.165, 1.54) is 12.3 Å². The number of aromatic nitrogens is 2. The van der Waals surface area contributed by atoms with Crippen molar-refractivity contribution in [3.8, 4) is 11.3 Å². The summed E-state index contributed by atoms with van der Waals surface area (Å²) >= 11 is 12.3. The largest absolute Gasteiger partial charge is 0.417 e. The van der Waals surface area contributed by atoms with Gasteiger partial charge in [0.25, 0.3) is 0 Å². The number of aromatic amines is 1. The maximum Gasteiger partial charge on any atom is 0.417 e. The normalized spacial score (nSPS) is 12.0. The first-order valence-corrected chi connectivity index (χ1v) is 8.48. The van der Waals surface area contributed by atoms with Crippen molar-refractivity contribution in [2.45, 2.75) is 6.18 Å². The zero-order valence-corrected chi connectivity index (χ0v) is 14.9. The number of rotatable bonds is 1. The van der Waals surface area contributed by atoms with Crippen molar-refractivity contribution in [3.05, 3.63) is 74.6 Å². The van der Waals surface area contributed by atoms with E-state index in [1.807, 2.05) is 24.3 Å². The van der Waals surface area contributed by atoms with Gasteiger partial charge in [-0.1, -0.05) is 47.5 Å². The number of benzene rings is 2. The highest BCUT2D eigenvalue weighted by Gasteiger charge is 2.32. The molecule has 0 radical (unpaired) electrons. The predicted octanol–water partition coefficient (Wildman–Crippen LogP) is 6.07. The van der Waals surface area contributed by atoms with Crippen LogP contribution in [0.1, 0.15) is 5.56 Å². The SMILES string of the molecule is O=c1c(-c2ncc(C(F)(F)F)cc2Cl)c[nH]c2c1cc(Cl)c1ccccc12. The lowest BCUT2D eigenvalue weighted by Gasteiger charge is -2.10. The lowest BCUT2D eigenvalue weighted by molar-refractivity contribution is -0.137. The van der Waals surface area contributed by atoms with Crippen LogP contribution in [-0.2, 0) is 6.18 Å². The molecule has 0 amide bonds. The molecule has 0 spiro atoms. The molecule has 2 aromatic carbocycles. The average molecular weight is 409 g/mol. The van der Waals surface area contributed by atoms with Gasteiger partial charge < -0.3 is 4.98 Å². The van der Waals surface area contributed by atoms with E-state index in [1.54, 1.807) is 0 Å². The van der Waals surface area contributed by atoms with E-state index in [0.717, 1.165) is 16.8 Å². The Hall–Kier alpha value is -2.57. The van der Waals surface area contributed by atoms with Gasteiger partial charge in [-0.05, 0) is 12.1 Å². The lowest BCUT2D eigenvalue weighted by Crippen LogP contribution is -2.10. The lowest BCUT2D eigenvalue weighted by atomic mass is 10.0. The summed E-state index contributed by atoms with van der Waals surface area (Å²) in [6.07, 6.45) is -2.53. The fourth-order valence-corrected chi connectivity index (χ4v) is 3.53. The molecule has 27 heavy (non-hydrogen) atoms. The number of nitrogens with zero attached hydrogens (tertiary/aromatic N) is 1. The van der Waals surface area contributed by atoms with Crippen LogP contribution in [0.5, 0.6) is 0 Å². The first-order valence-electron chi connectivity index (χ1n) is 7.73. The number of alkyl halides is 3. The van der Waals surface area contributed by atoms with E-state index < -0.39 is 17.2 Å². The summed E-state index contributed by atoms with van der Waals surface area (Å²) in [5.41, 5.74) is -0.801. The summed E-state index contributed by atoms with van der Waals surface area (Å²) in [6.45, 7) is 0. The summed E-state index contributed by atoms with van der Waals surface area (Å²) < 4.78 is 38.4. The molecule has 136 valence electrons. The molecule has 0 aliphatic rings. The third-order valence-corrected chi connectivity index (χ3v) is 4.87. The number of hydrogen-bond donors (Lipinski definition) is 1. The van der Waals surface area contributed by atoms with Crippen LogP contribution in [0.2, 0.25) is 10.0 Å². The molecule has 2 aromatic heterocycles. The van der Waals surface area contributed by atoms with Crippen molar-refractivity contribution in [3.63, 3.8) is 0 Å². The highest BCUT2D eigenvalue weighted by atomic mass is 35.5. The van der Waals surface area contributed by atoms with E-state index in [-0.39, 0.29) is 16.3 Å². The van der Waals surface area contributed by atoms with Crippen LogP contribution < -0.4 is 5.43 Å². The average Bonchev–Trinajstić information content (AvgIpc) is 2.63. The van der Waals surface area contributed by atoms with Crippen LogP contribution in [0.25, 0.3) is 32.9 Å². The van der Waals surface area contributed by atoms with Crippen molar-refractivity contribution in [2.75, 3.05) is 0 Å². The Balaban J connectivity index is 1.98. The second-order valence-corrected chi connectivity index (χ2v) is 6.72. The molecular formula is C19H9Cl2F3N2O. The molecule has 4 rings (SSSR count). The van der Waals surface area contributed by atoms with E-state index in [0.29, 0.717) is 22.1 Å². The van der Waals surface area contributed by atoms with Crippen molar-refractivity contribution in [1.82, 2.24) is 9.97 Å². The van der Waals surface area contributed by atoms with Crippen LogP contribution >= 0.6 is 23.2 Å². The Morgan fingerprint density at radius 1 is 0.963 bits per heavy atom. The predicted molar refractivity (Wildman–Crippen MR) is 100 cm³/mol. The zero-order chi connectivity index (χ0) is 19.3. The number of fused-ring (bicyclic) bond motifs is 3. The minimum Gasteiger partial charge on any atom is -0.360 e. The molecule has 0 saturated heterocycles. The summed E-state index contributed by atoms with van der Waals surface area (Å²) in [6, 6.07) is 9.58. The van der Waals surface area contributed by atoms with Crippen molar-refractivity contribution >= 4 is 44.9 Å². The van der Waals surface area contributed by atoms with Gasteiger partial charge in [0.1, 0.15) is 0 Å². The minimum absolute atomic E-state index is 0.0305. The topological polar surface area (TPSA) is 45.8 Å². The molecule has 0 saturated carbocycles. The maximum atomic E-state index is 13.0. The quantitative estimate of drug-likeness (QED) is 0.388. The first-order chi connectivity index (χ1) is 12.8. The van der Waals surface area contributed by atoms with Gasteiger partial charge in [0.05, 0.1) is 27.4 Å². The van der Waals surface area contributed by atoms with Gasteiger partial charge in [-0.3, -0.25) is 9.78 Å². The Labute approximate surface area is 160 Å². The van der Waals surface area contributed by atoms with E-state index in [9.17, 15) is 18.0 Å². The van der Waals surface area contributed by atoms with E-state index in [4.69, 9.17) is 23.2 Å². The third-order valence-electron chi connectivity index (χ3n) is 4.27. The highest BCUT2D eigenvalue weighted by Crippen LogP contribution is 2.34. The molecule has 0 fully saturated rings. The summed E-state index contributed by atoms with van der Waals surface area (Å²) in [4.78, 5) is 19.7. The van der Waals surface area contributed by atoms with Crippen LogP contribution in [0.3, 0.4) is 0 Å². The van der Waals surface area contributed by atoms with E-state index in [2.05, 4.69) is 9.97 Å². The monoisotopic (exact) mass is 408 g/mol. The van der Waals surface area contributed by atoms with Crippen LogP contribution in [0.15, 0.2) is 53.6 Å². The molecule has 8 heteroatoms. The number of nitrogens with one attached hydrogen (secondary N) is 1. The van der Waals surface area contributed by atoms with Crippen molar-refractivity contribution in [2.24, 2.45) is 0 Å². The van der Waals surface area contributed by atoms with Gasteiger partial charge in [0.2, 0.25) is 0 Å². The molecule has 0 aliphatic heterocycles. The third kappa shape index (κ3) is 2.95. The molecule has 0 atom stereocenters. The number of halogens is 5. The molecule has 0 unspecified atom stereocenters. The minimum atomic E-state index is -4.57. The molecule has 0 aliphatic carbocycles. The van der Waals surface area contributed by atoms with Gasteiger partial charge in [0.15, 0.2) is 5.43 Å². The molecule has 1 N–H and O–H groups in total. The number of pyridine rings is 2. The second-order valence-electron chi connectivity index (χ2n) is 5.91. The number of hydrogen-bond acceptors (Lipinski definition) is 2. The molecule has 0 bridgehead atoms. The first kappa shape index (κ1) is 17.8. The molecule has 4 aromatic rings. The maximum absolute atomic E-state index is 13.0. The Morgan fingerprint density at radius 2 is 1.67 bits per heavy atom. The van der Waals surface area contributed by atoms with Crippen molar-refractivity contribution < 1.29 is 13.2 Å². The van der Waals surface area contributed by atoms with Gasteiger partial charge in [-0.2, -0.15) is 13.2 Å². The fourth-order valence-electron chi connectivity index (χ4n) is 2.99. The summed E-state index contributed by atoms with van der Waals surface area (Å²) in [7, 11) is 0. The van der Waals surface area contributed by atoms with Crippen molar-refractivity contribution in [1.29, 1.82) is 0 Å². The Kier molecular flexibility index (Phi) is 4.13. The smallest absolute Gasteiger partial charge is 0.360 e. The Bertz CT molecular complexity index is 1270. The van der Waals surface area contributed by atoms with Gasteiger partial charge in [-0.15, -0.1) is 0 Å². The summed E-state index contributed by atoms with van der Waals surface area (Å²) in [5.74, 6) is 0. The van der Waals surface area contributed by atoms with Crippen LogP contribution in [0.4, 0.5) is 13.2 Å². The zero-order valence-electron chi connectivity index (χ0n) is 13.4.